The van der Waals surface area contributed by atoms with E-state index in [0.29, 0.717) is 13.1 Å². The largest absolute Gasteiger partial charge is 0.355 e. The first kappa shape index (κ1) is 15.0. The van der Waals surface area contributed by atoms with Crippen molar-refractivity contribution in [3.63, 3.8) is 0 Å². The van der Waals surface area contributed by atoms with Gasteiger partial charge in [0.05, 0.1) is 6.54 Å². The predicted molar refractivity (Wildman–Crippen MR) is 81.8 cm³/mol. The summed E-state index contributed by atoms with van der Waals surface area (Å²) < 4.78 is 0. The molecular weight excluding hydrogens is 250 g/mol. The van der Waals surface area contributed by atoms with E-state index in [1.54, 1.807) is 0 Å². The fourth-order valence-corrected chi connectivity index (χ4v) is 2.53. The van der Waals surface area contributed by atoms with Crippen molar-refractivity contribution in [1.82, 2.24) is 15.5 Å². The molecule has 0 radical (unpaired) electrons. The molecule has 1 aromatic carbocycles. The Balaban J connectivity index is 1.67. The molecule has 1 heterocycles. The van der Waals surface area contributed by atoms with E-state index in [9.17, 15) is 4.79 Å². The lowest BCUT2D eigenvalue weighted by Crippen LogP contribution is -2.39. The molecule has 0 bridgehead atoms. The highest BCUT2D eigenvalue weighted by Gasteiger charge is 2.12. The number of benzene rings is 1. The fourth-order valence-electron chi connectivity index (χ4n) is 2.53. The van der Waals surface area contributed by atoms with Gasteiger partial charge < -0.3 is 10.6 Å². The van der Waals surface area contributed by atoms with E-state index in [2.05, 4.69) is 46.7 Å². The molecule has 4 heteroatoms. The lowest BCUT2D eigenvalue weighted by Gasteiger charge is -2.18. The Kier molecular flexibility index (Phi) is 6.02. The van der Waals surface area contributed by atoms with Gasteiger partial charge in [-0.1, -0.05) is 29.8 Å². The molecule has 1 fully saturated rings. The van der Waals surface area contributed by atoms with Gasteiger partial charge in [0.15, 0.2) is 0 Å². The summed E-state index contributed by atoms with van der Waals surface area (Å²) in [6.45, 7) is 7.35. The number of nitrogens with zero attached hydrogens (tertiary/aromatic N) is 1. The number of aryl methyl sites for hydroxylation is 1. The van der Waals surface area contributed by atoms with Gasteiger partial charge in [0.1, 0.15) is 0 Å². The summed E-state index contributed by atoms with van der Waals surface area (Å²) in [6, 6.07) is 8.44. The maximum Gasteiger partial charge on any atom is 0.234 e. The van der Waals surface area contributed by atoms with E-state index in [1.165, 1.54) is 11.1 Å². The van der Waals surface area contributed by atoms with Gasteiger partial charge in [-0.05, 0) is 38.4 Å². The van der Waals surface area contributed by atoms with Crippen LogP contribution in [0.15, 0.2) is 24.3 Å². The molecule has 1 aliphatic heterocycles. The Morgan fingerprint density at radius 3 is 3.10 bits per heavy atom. The highest BCUT2D eigenvalue weighted by Crippen LogP contribution is 2.03. The molecule has 1 amide bonds. The number of rotatable bonds is 5. The molecular formula is C16H25N3O. The molecule has 1 aliphatic rings. The van der Waals surface area contributed by atoms with Crippen LogP contribution in [0.5, 0.6) is 0 Å². The van der Waals surface area contributed by atoms with Crippen LogP contribution in [-0.2, 0) is 11.2 Å². The number of carbonyl (C=O) groups excluding carboxylic acids is 1. The molecule has 2 rings (SSSR count). The van der Waals surface area contributed by atoms with Crippen molar-refractivity contribution in [3.05, 3.63) is 35.4 Å². The molecule has 0 saturated carbocycles. The topological polar surface area (TPSA) is 44.4 Å². The monoisotopic (exact) mass is 275 g/mol. The smallest absolute Gasteiger partial charge is 0.234 e. The number of hydrogen-bond donors (Lipinski definition) is 2. The number of hydrogen-bond acceptors (Lipinski definition) is 3. The average molecular weight is 275 g/mol. The SMILES string of the molecule is Cc1cccc(CCNC(=O)CN2CCCNCC2)c1. The van der Waals surface area contributed by atoms with Crippen molar-refractivity contribution in [1.29, 1.82) is 0 Å². The lowest BCUT2D eigenvalue weighted by molar-refractivity contribution is -0.122. The van der Waals surface area contributed by atoms with Gasteiger partial charge >= 0.3 is 0 Å². The third-order valence-electron chi connectivity index (χ3n) is 3.62. The van der Waals surface area contributed by atoms with Crippen molar-refractivity contribution in [2.75, 3.05) is 39.3 Å². The number of nitrogens with one attached hydrogen (secondary N) is 2. The molecule has 110 valence electrons. The maximum atomic E-state index is 11.9. The standard InChI is InChI=1S/C16H25N3O/c1-14-4-2-5-15(12-14)6-8-18-16(20)13-19-10-3-7-17-9-11-19/h2,4-5,12,17H,3,6-11,13H2,1H3,(H,18,20). The van der Waals surface area contributed by atoms with E-state index in [4.69, 9.17) is 0 Å². The van der Waals surface area contributed by atoms with Crippen LogP contribution in [0.25, 0.3) is 0 Å². The summed E-state index contributed by atoms with van der Waals surface area (Å²) in [4.78, 5) is 14.1. The van der Waals surface area contributed by atoms with Crippen LogP contribution in [-0.4, -0.2) is 50.1 Å². The van der Waals surface area contributed by atoms with Gasteiger partial charge in [-0.3, -0.25) is 9.69 Å². The van der Waals surface area contributed by atoms with E-state index in [-0.39, 0.29) is 5.91 Å². The van der Waals surface area contributed by atoms with E-state index < -0.39 is 0 Å². The van der Waals surface area contributed by atoms with Crippen LogP contribution in [0.4, 0.5) is 0 Å². The highest BCUT2D eigenvalue weighted by molar-refractivity contribution is 5.78. The average Bonchev–Trinajstić information content (AvgIpc) is 2.67. The zero-order valence-corrected chi connectivity index (χ0v) is 12.3. The van der Waals surface area contributed by atoms with Crippen LogP contribution in [0.3, 0.4) is 0 Å². The van der Waals surface area contributed by atoms with E-state index in [1.807, 2.05) is 0 Å². The molecule has 0 aliphatic carbocycles. The summed E-state index contributed by atoms with van der Waals surface area (Å²) in [5, 5.41) is 6.36. The Morgan fingerprint density at radius 1 is 1.35 bits per heavy atom. The minimum absolute atomic E-state index is 0.138. The zero-order chi connectivity index (χ0) is 14.2. The first-order valence-corrected chi connectivity index (χ1v) is 7.49. The second kappa shape index (κ2) is 8.02. The summed E-state index contributed by atoms with van der Waals surface area (Å²) >= 11 is 0. The van der Waals surface area contributed by atoms with Crippen molar-refractivity contribution in [2.24, 2.45) is 0 Å². The first-order chi connectivity index (χ1) is 9.74. The third kappa shape index (κ3) is 5.31. The molecule has 4 nitrogen and oxygen atoms in total. The second-order valence-electron chi connectivity index (χ2n) is 5.47. The van der Waals surface area contributed by atoms with Gasteiger partial charge in [-0.2, -0.15) is 0 Å². The predicted octanol–water partition coefficient (Wildman–Crippen LogP) is 0.949. The lowest BCUT2D eigenvalue weighted by atomic mass is 10.1. The van der Waals surface area contributed by atoms with Crippen molar-refractivity contribution < 1.29 is 4.79 Å². The summed E-state index contributed by atoms with van der Waals surface area (Å²) in [7, 11) is 0. The molecule has 0 unspecified atom stereocenters. The highest BCUT2D eigenvalue weighted by atomic mass is 16.2. The third-order valence-corrected chi connectivity index (χ3v) is 3.62. The van der Waals surface area contributed by atoms with E-state index >= 15 is 0 Å². The van der Waals surface area contributed by atoms with Crippen molar-refractivity contribution in [3.8, 4) is 0 Å². The number of carbonyl (C=O) groups is 1. The fraction of sp³-hybridized carbons (Fsp3) is 0.562. The maximum absolute atomic E-state index is 11.9. The van der Waals surface area contributed by atoms with Crippen LogP contribution in [0.2, 0.25) is 0 Å². The minimum Gasteiger partial charge on any atom is -0.355 e. The quantitative estimate of drug-likeness (QED) is 0.841. The van der Waals surface area contributed by atoms with Crippen LogP contribution in [0, 0.1) is 6.92 Å². The van der Waals surface area contributed by atoms with Crippen LogP contribution < -0.4 is 10.6 Å². The Hall–Kier alpha value is -1.39. The molecule has 0 spiro atoms. The van der Waals surface area contributed by atoms with Gasteiger partial charge in [0.25, 0.3) is 0 Å². The Morgan fingerprint density at radius 2 is 2.25 bits per heavy atom. The van der Waals surface area contributed by atoms with Crippen molar-refractivity contribution in [2.45, 2.75) is 19.8 Å². The molecule has 0 aromatic heterocycles. The zero-order valence-electron chi connectivity index (χ0n) is 12.3. The van der Waals surface area contributed by atoms with Gasteiger partial charge in [-0.15, -0.1) is 0 Å². The van der Waals surface area contributed by atoms with Crippen molar-refractivity contribution >= 4 is 5.91 Å². The molecule has 0 atom stereocenters. The summed E-state index contributed by atoms with van der Waals surface area (Å²) in [5.74, 6) is 0.138. The molecule has 1 saturated heterocycles. The number of amides is 1. The van der Waals surface area contributed by atoms with Gasteiger partial charge in [-0.25, -0.2) is 0 Å². The Labute approximate surface area is 121 Å². The molecule has 2 N–H and O–H groups in total. The first-order valence-electron chi connectivity index (χ1n) is 7.49. The molecule has 1 aromatic rings. The van der Waals surface area contributed by atoms with E-state index in [0.717, 1.165) is 39.0 Å². The van der Waals surface area contributed by atoms with Gasteiger partial charge in [0.2, 0.25) is 5.91 Å². The Bertz CT molecular complexity index is 425. The summed E-state index contributed by atoms with van der Waals surface area (Å²) in [5.41, 5.74) is 2.55. The normalized spacial score (nSPS) is 16.6. The molecule has 20 heavy (non-hydrogen) atoms. The second-order valence-corrected chi connectivity index (χ2v) is 5.47. The van der Waals surface area contributed by atoms with Crippen LogP contribution in [0.1, 0.15) is 17.5 Å². The van der Waals surface area contributed by atoms with Crippen LogP contribution >= 0.6 is 0 Å². The van der Waals surface area contributed by atoms with Gasteiger partial charge in [0, 0.05) is 19.6 Å². The minimum atomic E-state index is 0.138. The summed E-state index contributed by atoms with van der Waals surface area (Å²) in [6.07, 6.45) is 2.02.